The zero-order chi connectivity index (χ0) is 20.4. The molecule has 0 saturated carbocycles. The summed E-state index contributed by atoms with van der Waals surface area (Å²) in [6, 6.07) is 3.28. The van der Waals surface area contributed by atoms with Gasteiger partial charge in [-0.3, -0.25) is 14.7 Å². The van der Waals surface area contributed by atoms with Crippen molar-refractivity contribution in [2.24, 2.45) is 0 Å². The van der Waals surface area contributed by atoms with E-state index in [0.717, 1.165) is 24.1 Å². The number of fused-ring (bicyclic) bond motifs is 1. The van der Waals surface area contributed by atoms with Gasteiger partial charge in [0, 0.05) is 24.8 Å². The van der Waals surface area contributed by atoms with Crippen molar-refractivity contribution in [3.8, 4) is 5.88 Å². The van der Waals surface area contributed by atoms with Crippen molar-refractivity contribution in [2.45, 2.75) is 38.8 Å². The largest absolute Gasteiger partial charge is 0.477 e. The predicted molar refractivity (Wildman–Crippen MR) is 104 cm³/mol. The third kappa shape index (κ3) is 3.57. The number of carbonyl (C=O) groups is 2. The number of aromatic amines is 1. The molecule has 2 aromatic heterocycles. The van der Waals surface area contributed by atoms with Gasteiger partial charge < -0.3 is 19.6 Å². The Hall–Kier alpha value is -2.94. The topological polar surface area (TPSA) is 112 Å². The highest BCUT2D eigenvalue weighted by atomic mass is 16.5. The zero-order valence-corrected chi connectivity index (χ0v) is 16.4. The first-order valence-corrected chi connectivity index (χ1v) is 9.99. The number of pyridine rings is 1. The molecule has 2 N–H and O–H groups in total. The van der Waals surface area contributed by atoms with Crippen LogP contribution in [0.3, 0.4) is 0 Å². The zero-order valence-electron chi connectivity index (χ0n) is 16.4. The maximum absolute atomic E-state index is 13.0. The number of hydrogen-bond donors (Lipinski definition) is 2. The van der Waals surface area contributed by atoms with Crippen LogP contribution in [0.15, 0.2) is 18.3 Å². The molecule has 0 bridgehead atoms. The summed E-state index contributed by atoms with van der Waals surface area (Å²) in [5, 5.41) is 16.7. The first kappa shape index (κ1) is 19.4. The number of likely N-dealkylation sites (tertiary alicyclic amines) is 1. The highest BCUT2D eigenvalue weighted by molar-refractivity contribution is 5.97. The van der Waals surface area contributed by atoms with E-state index in [-0.39, 0.29) is 24.5 Å². The lowest BCUT2D eigenvalue weighted by molar-refractivity contribution is 0.0670. The minimum absolute atomic E-state index is 0.0338. The number of hydrogen-bond acceptors (Lipinski definition) is 6. The molecule has 0 unspecified atom stereocenters. The summed E-state index contributed by atoms with van der Waals surface area (Å²) in [5.41, 5.74) is 2.47. The van der Waals surface area contributed by atoms with Crippen LogP contribution >= 0.6 is 0 Å². The summed E-state index contributed by atoms with van der Waals surface area (Å²) in [6.07, 6.45) is 3.84. The Morgan fingerprint density at radius 1 is 1.34 bits per heavy atom. The number of H-pyrrole nitrogens is 1. The van der Waals surface area contributed by atoms with Gasteiger partial charge in [-0.15, -0.1) is 0 Å². The Bertz CT molecular complexity index is 912. The highest BCUT2D eigenvalue weighted by Gasteiger charge is 2.34. The average Bonchev–Trinajstić information content (AvgIpc) is 3.40. The summed E-state index contributed by atoms with van der Waals surface area (Å²) in [7, 11) is 0. The van der Waals surface area contributed by atoms with E-state index in [0.29, 0.717) is 49.8 Å². The molecule has 2 amide bonds. The number of aromatic nitrogens is 3. The first-order valence-electron chi connectivity index (χ1n) is 9.99. The van der Waals surface area contributed by atoms with Crippen molar-refractivity contribution in [2.75, 3.05) is 26.3 Å². The van der Waals surface area contributed by atoms with Gasteiger partial charge in [0.15, 0.2) is 5.69 Å². The Kier molecular flexibility index (Phi) is 5.48. The van der Waals surface area contributed by atoms with Crippen LogP contribution in [-0.2, 0) is 13.0 Å². The van der Waals surface area contributed by atoms with E-state index < -0.39 is 0 Å². The second-order valence-corrected chi connectivity index (χ2v) is 7.27. The molecule has 0 aromatic carbocycles. The summed E-state index contributed by atoms with van der Waals surface area (Å²) in [4.78, 5) is 33.5. The van der Waals surface area contributed by atoms with Crippen molar-refractivity contribution in [3.63, 3.8) is 0 Å². The third-order valence-electron chi connectivity index (χ3n) is 5.55. The molecule has 9 heteroatoms. The number of nitrogens with zero attached hydrogens (tertiary/aromatic N) is 4. The molecule has 0 aliphatic carbocycles. The van der Waals surface area contributed by atoms with Crippen molar-refractivity contribution in [3.05, 3.63) is 40.8 Å². The molecule has 4 heterocycles. The van der Waals surface area contributed by atoms with Gasteiger partial charge in [0.05, 0.1) is 31.5 Å². The van der Waals surface area contributed by atoms with E-state index in [9.17, 15) is 14.7 Å². The van der Waals surface area contributed by atoms with E-state index >= 15 is 0 Å². The minimum Gasteiger partial charge on any atom is -0.477 e. The van der Waals surface area contributed by atoms with E-state index in [2.05, 4.69) is 15.2 Å². The van der Waals surface area contributed by atoms with Gasteiger partial charge in [-0.1, -0.05) is 0 Å². The summed E-state index contributed by atoms with van der Waals surface area (Å²) >= 11 is 0. The van der Waals surface area contributed by atoms with Gasteiger partial charge >= 0.3 is 0 Å². The number of ether oxygens (including phenoxy) is 1. The van der Waals surface area contributed by atoms with Gasteiger partial charge in [0.2, 0.25) is 5.88 Å². The molecule has 2 aliphatic rings. The van der Waals surface area contributed by atoms with E-state index in [1.165, 1.54) is 0 Å². The quantitative estimate of drug-likeness (QED) is 0.776. The number of aliphatic hydroxyl groups is 1. The molecule has 2 aromatic rings. The molecule has 0 radical (unpaired) electrons. The van der Waals surface area contributed by atoms with E-state index in [1.54, 1.807) is 28.1 Å². The fourth-order valence-corrected chi connectivity index (χ4v) is 4.07. The van der Waals surface area contributed by atoms with Crippen LogP contribution in [0, 0.1) is 0 Å². The summed E-state index contributed by atoms with van der Waals surface area (Å²) in [6.45, 7) is 3.71. The van der Waals surface area contributed by atoms with Crippen LogP contribution in [0.1, 0.15) is 51.9 Å². The van der Waals surface area contributed by atoms with Crippen LogP contribution in [0.25, 0.3) is 0 Å². The molecule has 0 spiro atoms. The van der Waals surface area contributed by atoms with Crippen LogP contribution < -0.4 is 4.74 Å². The smallest absolute Gasteiger partial charge is 0.274 e. The van der Waals surface area contributed by atoms with Gasteiger partial charge in [-0.05, 0) is 38.3 Å². The lowest BCUT2D eigenvalue weighted by Crippen LogP contribution is -2.39. The molecule has 9 nitrogen and oxygen atoms in total. The molecular formula is C20H25N5O4. The highest BCUT2D eigenvalue weighted by Crippen LogP contribution is 2.26. The monoisotopic (exact) mass is 399 g/mol. The third-order valence-corrected chi connectivity index (χ3v) is 5.55. The van der Waals surface area contributed by atoms with Crippen molar-refractivity contribution < 1.29 is 19.4 Å². The lowest BCUT2D eigenvalue weighted by Gasteiger charge is -2.28. The van der Waals surface area contributed by atoms with E-state index in [4.69, 9.17) is 4.74 Å². The summed E-state index contributed by atoms with van der Waals surface area (Å²) in [5.74, 6) is 0.0228. The summed E-state index contributed by atoms with van der Waals surface area (Å²) < 4.78 is 5.48. The van der Waals surface area contributed by atoms with Gasteiger partial charge in [0.25, 0.3) is 11.8 Å². The number of aliphatic hydroxyl groups excluding tert-OH is 1. The van der Waals surface area contributed by atoms with Crippen molar-refractivity contribution >= 4 is 11.8 Å². The number of rotatable bonds is 5. The Labute approximate surface area is 168 Å². The molecule has 2 aliphatic heterocycles. The molecule has 1 saturated heterocycles. The maximum atomic E-state index is 13.0. The van der Waals surface area contributed by atoms with Crippen LogP contribution in [0.2, 0.25) is 0 Å². The van der Waals surface area contributed by atoms with Crippen molar-refractivity contribution in [1.29, 1.82) is 0 Å². The molecular weight excluding hydrogens is 374 g/mol. The van der Waals surface area contributed by atoms with Crippen LogP contribution in [-0.4, -0.2) is 74.2 Å². The van der Waals surface area contributed by atoms with Gasteiger partial charge in [0.1, 0.15) is 5.56 Å². The Morgan fingerprint density at radius 3 is 3.00 bits per heavy atom. The second-order valence-electron chi connectivity index (χ2n) is 7.27. The van der Waals surface area contributed by atoms with Crippen LogP contribution in [0.4, 0.5) is 0 Å². The average molecular weight is 399 g/mol. The SMILES string of the molecule is CCOc1ncccc1C(=O)N1CCc2c(C(=O)N3CCC[C@@H]3CO)n[nH]c2C1. The molecule has 4 rings (SSSR count). The Morgan fingerprint density at radius 2 is 2.21 bits per heavy atom. The molecule has 154 valence electrons. The molecule has 29 heavy (non-hydrogen) atoms. The molecule has 1 fully saturated rings. The van der Waals surface area contributed by atoms with Crippen molar-refractivity contribution in [1.82, 2.24) is 25.0 Å². The van der Waals surface area contributed by atoms with Crippen LogP contribution in [0.5, 0.6) is 5.88 Å². The first-order chi connectivity index (χ1) is 14.1. The standard InChI is InChI=1S/C20H25N5O4/c1-2-29-18-15(6-3-8-21-18)19(27)24-10-7-14-16(11-24)22-23-17(14)20(28)25-9-4-5-13(25)12-26/h3,6,8,13,26H,2,4-5,7,9-12H2,1H3,(H,22,23)/t13-/m1/s1. The fourth-order valence-electron chi connectivity index (χ4n) is 4.07. The minimum atomic E-state index is -0.158. The number of amides is 2. The maximum Gasteiger partial charge on any atom is 0.274 e. The van der Waals surface area contributed by atoms with Gasteiger partial charge in [-0.2, -0.15) is 5.10 Å². The number of nitrogens with one attached hydrogen (secondary N) is 1. The van der Waals surface area contributed by atoms with E-state index in [1.807, 2.05) is 6.92 Å². The normalized spacial score (nSPS) is 18.6. The predicted octanol–water partition coefficient (Wildman–Crippen LogP) is 0.999. The van der Waals surface area contributed by atoms with Gasteiger partial charge in [-0.25, -0.2) is 4.98 Å². The second kappa shape index (κ2) is 8.20. The Balaban J connectivity index is 1.52. The molecule has 1 atom stereocenters. The fraction of sp³-hybridized carbons (Fsp3) is 0.500. The number of carbonyl (C=O) groups excluding carboxylic acids is 2. The lowest BCUT2D eigenvalue weighted by atomic mass is 10.0.